The maximum Gasteiger partial charge on any atom is 0.302 e. The zero-order valence-corrected chi connectivity index (χ0v) is 13.7. The summed E-state index contributed by atoms with van der Waals surface area (Å²) in [4.78, 5) is 28.0. The lowest BCUT2D eigenvalue weighted by atomic mass is 10.3. The third kappa shape index (κ3) is 14.8. The van der Waals surface area contributed by atoms with Crippen LogP contribution in [0.1, 0.15) is 33.1 Å². The van der Waals surface area contributed by atoms with Crippen LogP contribution in [0.4, 0.5) is 0 Å². The molecule has 0 unspecified atom stereocenters. The summed E-state index contributed by atoms with van der Waals surface area (Å²) < 4.78 is 9.96. The lowest BCUT2D eigenvalue weighted by Gasteiger charge is -2.03. The van der Waals surface area contributed by atoms with Crippen molar-refractivity contribution in [2.24, 2.45) is 21.5 Å². The highest BCUT2D eigenvalue weighted by Gasteiger charge is 1.99. The van der Waals surface area contributed by atoms with Crippen LogP contribution in [0, 0.1) is 0 Å². The van der Waals surface area contributed by atoms with Gasteiger partial charge in [0, 0.05) is 25.4 Å². The summed E-state index contributed by atoms with van der Waals surface area (Å²) in [5.74, 6) is 0.705. The van der Waals surface area contributed by atoms with E-state index in [0.717, 1.165) is 54.9 Å². The monoisotopic (exact) mass is 336 g/mol. The molecule has 4 N–H and O–H groups in total. The fourth-order valence-electron chi connectivity index (χ4n) is 1.05. The van der Waals surface area contributed by atoms with E-state index < -0.39 is 11.8 Å². The van der Waals surface area contributed by atoms with E-state index in [0.29, 0.717) is 0 Å². The summed E-state index contributed by atoms with van der Waals surface area (Å²) in [5.41, 5.74) is 10.7. The number of hydrogen-bond acceptors (Lipinski definition) is 6. The predicted octanol–water partition coefficient (Wildman–Crippen LogP) is 1.21. The number of amides is 2. The number of nitrogens with two attached hydrogens (primary N) is 2. The van der Waals surface area contributed by atoms with Crippen molar-refractivity contribution in [3.63, 3.8) is 0 Å². The molecule has 0 aromatic carbocycles. The molecule has 0 rings (SSSR count). The number of amidine groups is 2. The maximum atomic E-state index is 10.6. The Labute approximate surface area is 132 Å². The average molecular weight is 336 g/mol. The molecule has 0 radical (unpaired) electrons. The highest BCUT2D eigenvalue weighted by atomic mass is 32.2. The second-order valence-electron chi connectivity index (χ2n) is 3.81. The molecule has 0 bridgehead atoms. The lowest BCUT2D eigenvalue weighted by molar-refractivity contribution is -0.116. The van der Waals surface area contributed by atoms with Crippen LogP contribution in [0.3, 0.4) is 0 Å². The quantitative estimate of drug-likeness (QED) is 0.293. The van der Waals surface area contributed by atoms with Crippen molar-refractivity contribution in [1.29, 1.82) is 0 Å². The van der Waals surface area contributed by atoms with Crippen molar-refractivity contribution in [2.45, 2.75) is 33.1 Å². The smallest absolute Gasteiger partial charge is 0.302 e. The normalized spacial score (nSPS) is 12.1. The van der Waals surface area contributed by atoms with Crippen LogP contribution in [0.15, 0.2) is 9.98 Å². The van der Waals surface area contributed by atoms with Crippen molar-refractivity contribution in [2.75, 3.05) is 11.5 Å². The van der Waals surface area contributed by atoms with Crippen molar-refractivity contribution >= 4 is 47.9 Å². The molecule has 120 valence electrons. The molecule has 0 aliphatic rings. The van der Waals surface area contributed by atoms with Gasteiger partial charge in [-0.15, -0.1) is 0 Å². The minimum Gasteiger partial charge on any atom is -0.391 e. The molecule has 0 aliphatic heterocycles. The Hall–Kier alpha value is -1.42. The third-order valence-corrected chi connectivity index (χ3v) is 3.27. The summed E-state index contributed by atoms with van der Waals surface area (Å²) in [5, 5.41) is 0. The lowest BCUT2D eigenvalue weighted by Crippen LogP contribution is -2.14. The van der Waals surface area contributed by atoms with E-state index in [9.17, 15) is 9.59 Å². The summed E-state index contributed by atoms with van der Waals surface area (Å²) >= 11 is 2.31. The summed E-state index contributed by atoms with van der Waals surface area (Å²) in [6.45, 7) is 2.60. The van der Waals surface area contributed by atoms with Gasteiger partial charge in [-0.2, -0.15) is 9.98 Å². The Morgan fingerprint density at radius 1 is 0.857 bits per heavy atom. The molecule has 21 heavy (non-hydrogen) atoms. The third-order valence-electron chi connectivity index (χ3n) is 1.78. The van der Waals surface area contributed by atoms with Gasteiger partial charge in [0.05, 0.1) is 24.1 Å². The van der Waals surface area contributed by atoms with E-state index in [1.165, 1.54) is 13.8 Å². The van der Waals surface area contributed by atoms with Crippen LogP contribution < -0.4 is 11.5 Å². The fraction of sp³-hybridized carbons (Fsp3) is 0.636. The van der Waals surface area contributed by atoms with E-state index in [1.807, 2.05) is 0 Å². The SMILES string of the molecule is CC(=O)N=C(N)OSCCCCCSOC(N)=NC(C)=O. The molecule has 0 heterocycles. The Bertz CT molecular complexity index is 366. The number of carbonyl (C=O) groups excluding carboxylic acids is 2. The van der Waals surface area contributed by atoms with Crippen LogP contribution in [0.5, 0.6) is 0 Å². The number of nitrogens with zero attached hydrogens (tertiary/aromatic N) is 2. The first kappa shape index (κ1) is 19.6. The molecule has 0 aliphatic carbocycles. The van der Waals surface area contributed by atoms with E-state index in [-0.39, 0.29) is 12.0 Å². The van der Waals surface area contributed by atoms with Crippen molar-refractivity contribution in [1.82, 2.24) is 0 Å². The van der Waals surface area contributed by atoms with Crippen LogP contribution >= 0.6 is 24.1 Å². The topological polar surface area (TPSA) is 129 Å². The Morgan fingerprint density at radius 3 is 1.57 bits per heavy atom. The van der Waals surface area contributed by atoms with E-state index in [2.05, 4.69) is 9.98 Å². The Balaban J connectivity index is 3.41. The van der Waals surface area contributed by atoms with Crippen LogP contribution in [0.25, 0.3) is 0 Å². The molecule has 0 fully saturated rings. The molecule has 0 saturated heterocycles. The largest absolute Gasteiger partial charge is 0.391 e. The maximum absolute atomic E-state index is 10.6. The van der Waals surface area contributed by atoms with Gasteiger partial charge in [-0.25, -0.2) is 0 Å². The molecular weight excluding hydrogens is 316 g/mol. The first-order chi connectivity index (χ1) is 9.91. The number of hydrogen-bond donors (Lipinski definition) is 2. The highest BCUT2D eigenvalue weighted by molar-refractivity contribution is 7.95. The summed E-state index contributed by atoms with van der Waals surface area (Å²) in [6.07, 6.45) is 2.82. The standard InChI is InChI=1S/C11H20N4O4S2/c1-8(16)14-10(12)18-20-6-4-3-5-7-21-19-11(13)15-9(2)17/h3-7H2,1-2H3,(H2,12,14,16)(H2,13,15,17). The van der Waals surface area contributed by atoms with Crippen LogP contribution in [0.2, 0.25) is 0 Å². The molecule has 10 heteroatoms. The number of rotatable bonds is 8. The number of carbonyl (C=O) groups is 2. The highest BCUT2D eigenvalue weighted by Crippen LogP contribution is 2.11. The van der Waals surface area contributed by atoms with Crippen molar-refractivity contribution < 1.29 is 18.0 Å². The molecular formula is C11H20N4O4S2. The molecule has 0 saturated carbocycles. The summed E-state index contributed by atoms with van der Waals surface area (Å²) in [6, 6.07) is -0.256. The first-order valence-electron chi connectivity index (χ1n) is 6.20. The van der Waals surface area contributed by atoms with Gasteiger partial charge in [-0.3, -0.25) is 9.59 Å². The number of aliphatic imine (C=N–C) groups is 2. The average Bonchev–Trinajstić information content (AvgIpc) is 2.34. The van der Waals surface area contributed by atoms with Gasteiger partial charge < -0.3 is 19.8 Å². The Kier molecular flexibility index (Phi) is 11.5. The van der Waals surface area contributed by atoms with Gasteiger partial charge in [0.25, 0.3) is 0 Å². The predicted molar refractivity (Wildman–Crippen MR) is 85.5 cm³/mol. The van der Waals surface area contributed by atoms with Gasteiger partial charge in [0.2, 0.25) is 11.8 Å². The number of unbranched alkanes of at least 4 members (excludes halogenated alkanes) is 2. The van der Waals surface area contributed by atoms with E-state index in [4.69, 9.17) is 19.8 Å². The van der Waals surface area contributed by atoms with Crippen LogP contribution in [-0.4, -0.2) is 35.4 Å². The molecule has 2 amide bonds. The fourth-order valence-corrected chi connectivity index (χ4v) is 2.18. The van der Waals surface area contributed by atoms with Gasteiger partial charge in [-0.05, 0) is 12.8 Å². The minimum absolute atomic E-state index is 0.128. The zero-order chi connectivity index (χ0) is 16.1. The molecule has 8 nitrogen and oxygen atoms in total. The van der Waals surface area contributed by atoms with E-state index in [1.54, 1.807) is 0 Å². The van der Waals surface area contributed by atoms with Gasteiger partial charge in [-0.1, -0.05) is 6.42 Å². The van der Waals surface area contributed by atoms with Crippen molar-refractivity contribution in [3.05, 3.63) is 0 Å². The molecule has 0 aromatic heterocycles. The molecule has 0 spiro atoms. The zero-order valence-electron chi connectivity index (χ0n) is 12.0. The Morgan fingerprint density at radius 2 is 1.24 bits per heavy atom. The van der Waals surface area contributed by atoms with Gasteiger partial charge in [0.15, 0.2) is 0 Å². The molecule has 0 atom stereocenters. The van der Waals surface area contributed by atoms with Gasteiger partial charge in [0.1, 0.15) is 0 Å². The molecule has 0 aromatic rings. The van der Waals surface area contributed by atoms with Gasteiger partial charge >= 0.3 is 12.0 Å². The minimum atomic E-state index is -0.391. The van der Waals surface area contributed by atoms with Crippen LogP contribution in [-0.2, 0) is 18.0 Å². The second-order valence-corrected chi connectivity index (χ2v) is 5.43. The van der Waals surface area contributed by atoms with E-state index >= 15 is 0 Å². The summed E-state index contributed by atoms with van der Waals surface area (Å²) in [7, 11) is 0. The second kappa shape index (κ2) is 12.3. The van der Waals surface area contributed by atoms with Crippen molar-refractivity contribution in [3.8, 4) is 0 Å². The first-order valence-corrected chi connectivity index (χ1v) is 8.02.